The van der Waals surface area contributed by atoms with E-state index in [9.17, 15) is 19.5 Å². The Labute approximate surface area is 159 Å². The number of amides is 3. The van der Waals surface area contributed by atoms with E-state index in [1.807, 2.05) is 30.3 Å². The normalized spacial score (nSPS) is 17.6. The van der Waals surface area contributed by atoms with E-state index in [4.69, 9.17) is 0 Å². The van der Waals surface area contributed by atoms with Crippen LogP contribution in [-0.2, 0) is 16.0 Å². The maximum absolute atomic E-state index is 12.7. The molecule has 0 radical (unpaired) electrons. The summed E-state index contributed by atoms with van der Waals surface area (Å²) in [5.41, 5.74) is 1.07. The van der Waals surface area contributed by atoms with Gasteiger partial charge < -0.3 is 15.7 Å². The predicted molar refractivity (Wildman–Crippen MR) is 102 cm³/mol. The third kappa shape index (κ3) is 6.13. The number of hydrogen-bond acceptors (Lipinski definition) is 3. The summed E-state index contributed by atoms with van der Waals surface area (Å²) in [7, 11) is 0. The Hall–Kier alpha value is -2.83. The molecule has 1 aliphatic rings. The van der Waals surface area contributed by atoms with Crippen molar-refractivity contribution in [3.63, 3.8) is 0 Å². The van der Waals surface area contributed by atoms with Crippen LogP contribution in [-0.4, -0.2) is 53.1 Å². The number of benzene rings is 1. The SMILES string of the molecule is C=CCNC(=O)C(CCc1ccccc1)NC(=O)C1CCCCN1C(=O)O. The highest BCUT2D eigenvalue weighted by Crippen LogP contribution is 2.18. The molecule has 3 amide bonds. The molecule has 1 aliphatic heterocycles. The zero-order chi connectivity index (χ0) is 19.6. The van der Waals surface area contributed by atoms with Crippen molar-refractivity contribution in [1.82, 2.24) is 15.5 Å². The topological polar surface area (TPSA) is 98.7 Å². The standard InChI is InChI=1S/C20H27N3O4/c1-2-13-21-18(24)16(12-11-15-8-4-3-5-9-15)22-19(25)17-10-6-7-14-23(17)20(26)27/h2-5,8-9,16-17H,1,6-7,10-14H2,(H,21,24)(H,22,25)(H,26,27). The number of carbonyl (C=O) groups is 3. The van der Waals surface area contributed by atoms with E-state index in [2.05, 4.69) is 17.2 Å². The third-order valence-corrected chi connectivity index (χ3v) is 4.67. The van der Waals surface area contributed by atoms with Crippen LogP contribution in [0.25, 0.3) is 0 Å². The molecule has 0 spiro atoms. The minimum Gasteiger partial charge on any atom is -0.465 e. The van der Waals surface area contributed by atoms with Crippen LogP contribution >= 0.6 is 0 Å². The zero-order valence-corrected chi connectivity index (χ0v) is 15.4. The summed E-state index contributed by atoms with van der Waals surface area (Å²) in [6.45, 7) is 4.22. The highest BCUT2D eigenvalue weighted by Gasteiger charge is 2.34. The lowest BCUT2D eigenvalue weighted by molar-refractivity contribution is -0.132. The average Bonchev–Trinajstić information content (AvgIpc) is 2.69. The van der Waals surface area contributed by atoms with Crippen molar-refractivity contribution >= 4 is 17.9 Å². The maximum Gasteiger partial charge on any atom is 0.407 e. The van der Waals surface area contributed by atoms with Gasteiger partial charge in [0.25, 0.3) is 0 Å². The molecule has 1 aromatic rings. The lowest BCUT2D eigenvalue weighted by Gasteiger charge is -2.33. The van der Waals surface area contributed by atoms with Gasteiger partial charge in [0.2, 0.25) is 11.8 Å². The number of nitrogens with one attached hydrogen (secondary N) is 2. The van der Waals surface area contributed by atoms with E-state index >= 15 is 0 Å². The summed E-state index contributed by atoms with van der Waals surface area (Å²) in [5.74, 6) is -0.708. The minimum atomic E-state index is -1.10. The van der Waals surface area contributed by atoms with Crippen molar-refractivity contribution in [2.45, 2.75) is 44.2 Å². The second-order valence-corrected chi connectivity index (χ2v) is 6.61. The van der Waals surface area contributed by atoms with Crippen molar-refractivity contribution in [1.29, 1.82) is 0 Å². The molecule has 2 rings (SSSR count). The van der Waals surface area contributed by atoms with Gasteiger partial charge in [0.1, 0.15) is 12.1 Å². The first-order valence-electron chi connectivity index (χ1n) is 9.25. The highest BCUT2D eigenvalue weighted by atomic mass is 16.4. The van der Waals surface area contributed by atoms with E-state index in [1.54, 1.807) is 6.08 Å². The molecule has 7 nitrogen and oxygen atoms in total. The van der Waals surface area contributed by atoms with Crippen molar-refractivity contribution in [2.75, 3.05) is 13.1 Å². The van der Waals surface area contributed by atoms with Crippen LogP contribution in [0, 0.1) is 0 Å². The fourth-order valence-corrected chi connectivity index (χ4v) is 3.22. The van der Waals surface area contributed by atoms with E-state index in [-0.39, 0.29) is 5.91 Å². The van der Waals surface area contributed by atoms with Crippen LogP contribution < -0.4 is 10.6 Å². The molecule has 3 N–H and O–H groups in total. The van der Waals surface area contributed by atoms with Crippen molar-refractivity contribution < 1.29 is 19.5 Å². The van der Waals surface area contributed by atoms with Gasteiger partial charge in [0.15, 0.2) is 0 Å². The van der Waals surface area contributed by atoms with Crippen LogP contribution in [0.4, 0.5) is 4.79 Å². The number of likely N-dealkylation sites (tertiary alicyclic amines) is 1. The molecular weight excluding hydrogens is 346 g/mol. The van der Waals surface area contributed by atoms with E-state index in [1.165, 1.54) is 0 Å². The average molecular weight is 373 g/mol. The Morgan fingerprint density at radius 2 is 2.00 bits per heavy atom. The largest absolute Gasteiger partial charge is 0.465 e. The lowest BCUT2D eigenvalue weighted by atomic mass is 10.00. The molecule has 0 aliphatic carbocycles. The van der Waals surface area contributed by atoms with Gasteiger partial charge in [-0.3, -0.25) is 14.5 Å². The van der Waals surface area contributed by atoms with Gasteiger partial charge in [0.05, 0.1) is 0 Å². The summed E-state index contributed by atoms with van der Waals surface area (Å²) in [5, 5.41) is 14.8. The zero-order valence-electron chi connectivity index (χ0n) is 15.4. The lowest BCUT2D eigenvalue weighted by Crippen LogP contribution is -2.56. The summed E-state index contributed by atoms with van der Waals surface area (Å²) in [6, 6.07) is 8.23. The molecule has 2 unspecified atom stereocenters. The Kier molecular flexibility index (Phi) is 7.85. The molecule has 0 aromatic heterocycles. The van der Waals surface area contributed by atoms with E-state index in [0.717, 1.165) is 23.3 Å². The quantitative estimate of drug-likeness (QED) is 0.607. The maximum atomic E-state index is 12.7. The molecule has 0 saturated carbocycles. The minimum absolute atomic E-state index is 0.295. The highest BCUT2D eigenvalue weighted by molar-refractivity contribution is 5.91. The third-order valence-electron chi connectivity index (χ3n) is 4.67. The second kappa shape index (κ2) is 10.4. The smallest absolute Gasteiger partial charge is 0.407 e. The monoisotopic (exact) mass is 373 g/mol. The van der Waals surface area contributed by atoms with E-state index < -0.39 is 24.1 Å². The first kappa shape index (κ1) is 20.5. The Morgan fingerprint density at radius 1 is 1.26 bits per heavy atom. The molecule has 27 heavy (non-hydrogen) atoms. The Morgan fingerprint density at radius 3 is 2.67 bits per heavy atom. The van der Waals surface area contributed by atoms with Gasteiger partial charge in [-0.1, -0.05) is 36.4 Å². The molecule has 2 atom stereocenters. The summed E-state index contributed by atoms with van der Waals surface area (Å²) in [6.07, 6.45) is 3.52. The van der Waals surface area contributed by atoms with Crippen molar-refractivity contribution in [3.8, 4) is 0 Å². The number of rotatable bonds is 8. The van der Waals surface area contributed by atoms with Gasteiger partial charge in [0, 0.05) is 13.1 Å². The second-order valence-electron chi connectivity index (χ2n) is 6.61. The fourth-order valence-electron chi connectivity index (χ4n) is 3.22. The molecule has 1 heterocycles. The first-order valence-corrected chi connectivity index (χ1v) is 9.25. The predicted octanol–water partition coefficient (Wildman–Crippen LogP) is 1.94. The van der Waals surface area contributed by atoms with Crippen LogP contribution in [0.5, 0.6) is 0 Å². The van der Waals surface area contributed by atoms with E-state index in [0.29, 0.717) is 32.4 Å². The number of hydrogen-bond donors (Lipinski definition) is 3. The van der Waals surface area contributed by atoms with Gasteiger partial charge in [-0.05, 0) is 37.7 Å². The number of carboxylic acid groups (broad SMARTS) is 1. The van der Waals surface area contributed by atoms with Crippen LogP contribution in [0.2, 0.25) is 0 Å². The molecule has 0 bridgehead atoms. The molecule has 1 saturated heterocycles. The first-order chi connectivity index (χ1) is 13.0. The van der Waals surface area contributed by atoms with Gasteiger partial charge in [-0.15, -0.1) is 6.58 Å². The molecule has 7 heteroatoms. The Bertz CT molecular complexity index is 662. The van der Waals surface area contributed by atoms with Gasteiger partial charge >= 0.3 is 6.09 Å². The van der Waals surface area contributed by atoms with Crippen molar-refractivity contribution in [3.05, 3.63) is 48.6 Å². The van der Waals surface area contributed by atoms with Gasteiger partial charge in [-0.2, -0.15) is 0 Å². The van der Waals surface area contributed by atoms with Crippen molar-refractivity contribution in [2.24, 2.45) is 0 Å². The molecule has 1 aromatic carbocycles. The molecular formula is C20H27N3O4. The van der Waals surface area contributed by atoms with Crippen LogP contribution in [0.1, 0.15) is 31.2 Å². The molecule has 146 valence electrons. The fraction of sp³-hybridized carbons (Fsp3) is 0.450. The molecule has 1 fully saturated rings. The Balaban J connectivity index is 2.04. The van der Waals surface area contributed by atoms with Gasteiger partial charge in [-0.25, -0.2) is 4.79 Å². The summed E-state index contributed by atoms with van der Waals surface area (Å²) in [4.78, 5) is 37.7. The number of carbonyl (C=O) groups excluding carboxylic acids is 2. The summed E-state index contributed by atoms with van der Waals surface area (Å²) < 4.78 is 0. The van der Waals surface area contributed by atoms with Crippen LogP contribution in [0.3, 0.4) is 0 Å². The number of aryl methyl sites for hydroxylation is 1. The number of piperidine rings is 1. The summed E-state index contributed by atoms with van der Waals surface area (Å²) >= 11 is 0. The van der Waals surface area contributed by atoms with Crippen LogP contribution in [0.15, 0.2) is 43.0 Å². The number of nitrogens with zero attached hydrogens (tertiary/aromatic N) is 1.